The molecule has 3 rings (SSSR count). The number of amides is 2. The highest BCUT2D eigenvalue weighted by molar-refractivity contribution is 9.10. The number of nitrogens with two attached hydrogens (primary N) is 1. The van der Waals surface area contributed by atoms with Gasteiger partial charge in [0.25, 0.3) is 11.8 Å². The number of hydrogen-bond donors (Lipinski definition) is 3. The van der Waals surface area contributed by atoms with Gasteiger partial charge in [0.05, 0.1) is 15.6 Å². The second-order valence-electron chi connectivity index (χ2n) is 4.09. The van der Waals surface area contributed by atoms with Gasteiger partial charge in [-0.25, -0.2) is 4.98 Å². The lowest BCUT2D eigenvalue weighted by atomic mass is 10.1. The van der Waals surface area contributed by atoms with Crippen molar-refractivity contribution in [2.24, 2.45) is 0 Å². The van der Waals surface area contributed by atoms with Crippen LogP contribution in [0.1, 0.15) is 20.7 Å². The summed E-state index contributed by atoms with van der Waals surface area (Å²) >= 11 is 3.30. The number of anilines is 3. The maximum absolute atomic E-state index is 11.6. The fourth-order valence-corrected chi connectivity index (χ4v) is 2.14. The summed E-state index contributed by atoms with van der Waals surface area (Å²) in [5, 5.41) is 5.24. The van der Waals surface area contributed by atoms with Crippen molar-refractivity contribution in [3.8, 4) is 0 Å². The summed E-state index contributed by atoms with van der Waals surface area (Å²) in [6.07, 6.45) is 1.52. The quantitative estimate of drug-likeness (QED) is 0.717. The van der Waals surface area contributed by atoms with Crippen LogP contribution in [0.2, 0.25) is 0 Å². The van der Waals surface area contributed by atoms with Crippen molar-refractivity contribution in [1.29, 1.82) is 0 Å². The van der Waals surface area contributed by atoms with Crippen molar-refractivity contribution in [3.05, 3.63) is 40.0 Å². The van der Waals surface area contributed by atoms with E-state index in [9.17, 15) is 9.59 Å². The van der Waals surface area contributed by atoms with Crippen LogP contribution < -0.4 is 16.4 Å². The van der Waals surface area contributed by atoms with Crippen LogP contribution in [0.15, 0.2) is 28.9 Å². The predicted octanol–water partition coefficient (Wildman–Crippen LogP) is 1.45. The fourth-order valence-electron chi connectivity index (χ4n) is 1.85. The van der Waals surface area contributed by atoms with Gasteiger partial charge < -0.3 is 11.1 Å². The molecular weight excluding hydrogens is 326 g/mol. The van der Waals surface area contributed by atoms with Gasteiger partial charge in [0.2, 0.25) is 5.95 Å². The van der Waals surface area contributed by atoms with Gasteiger partial charge in [-0.15, -0.1) is 0 Å². The Kier molecular flexibility index (Phi) is 2.87. The van der Waals surface area contributed by atoms with Gasteiger partial charge in [0, 0.05) is 11.9 Å². The molecule has 2 aromatic rings. The van der Waals surface area contributed by atoms with E-state index in [4.69, 9.17) is 5.73 Å². The van der Waals surface area contributed by atoms with Gasteiger partial charge >= 0.3 is 0 Å². The zero-order valence-corrected chi connectivity index (χ0v) is 11.6. The molecule has 0 saturated carbocycles. The molecule has 0 fully saturated rings. The van der Waals surface area contributed by atoms with Crippen LogP contribution >= 0.6 is 15.9 Å². The molecule has 2 heterocycles. The van der Waals surface area contributed by atoms with Crippen molar-refractivity contribution in [3.63, 3.8) is 0 Å². The molecular formula is C12H8BrN5O2. The fraction of sp³-hybridized carbons (Fsp3) is 0. The first-order valence-corrected chi connectivity index (χ1v) is 6.38. The maximum Gasteiger partial charge on any atom is 0.259 e. The van der Waals surface area contributed by atoms with E-state index in [1.807, 2.05) is 0 Å². The second kappa shape index (κ2) is 4.57. The van der Waals surface area contributed by atoms with Crippen molar-refractivity contribution in [2.75, 3.05) is 11.1 Å². The molecule has 20 heavy (non-hydrogen) atoms. The number of aromatic nitrogens is 2. The van der Waals surface area contributed by atoms with E-state index in [1.165, 1.54) is 6.20 Å². The number of imide groups is 1. The molecule has 0 unspecified atom stereocenters. The largest absolute Gasteiger partial charge is 0.368 e. The van der Waals surface area contributed by atoms with Gasteiger partial charge in [-0.1, -0.05) is 0 Å². The van der Waals surface area contributed by atoms with Crippen LogP contribution in [0.25, 0.3) is 0 Å². The number of benzene rings is 1. The summed E-state index contributed by atoms with van der Waals surface area (Å²) in [7, 11) is 0. The van der Waals surface area contributed by atoms with Gasteiger partial charge in [-0.05, 0) is 34.1 Å². The van der Waals surface area contributed by atoms with Crippen LogP contribution in [0.3, 0.4) is 0 Å². The zero-order valence-electron chi connectivity index (χ0n) is 9.98. The molecule has 1 aromatic carbocycles. The third-order valence-corrected chi connectivity index (χ3v) is 3.34. The summed E-state index contributed by atoms with van der Waals surface area (Å²) in [5.74, 6) is -0.189. The average Bonchev–Trinajstić information content (AvgIpc) is 2.69. The average molecular weight is 334 g/mol. The number of halogens is 1. The highest BCUT2D eigenvalue weighted by atomic mass is 79.9. The third kappa shape index (κ3) is 2.10. The molecule has 8 heteroatoms. The van der Waals surface area contributed by atoms with Crippen LogP contribution in [0.5, 0.6) is 0 Å². The Morgan fingerprint density at radius 1 is 1.20 bits per heavy atom. The van der Waals surface area contributed by atoms with Gasteiger partial charge in [-0.3, -0.25) is 14.9 Å². The second-order valence-corrected chi connectivity index (χ2v) is 4.95. The van der Waals surface area contributed by atoms with Gasteiger partial charge in [-0.2, -0.15) is 4.98 Å². The minimum Gasteiger partial charge on any atom is -0.368 e. The molecule has 0 radical (unpaired) electrons. The molecule has 1 aliphatic heterocycles. The van der Waals surface area contributed by atoms with Crippen molar-refractivity contribution < 1.29 is 9.59 Å². The minimum absolute atomic E-state index is 0.129. The Bertz CT molecular complexity index is 747. The number of hydrogen-bond acceptors (Lipinski definition) is 6. The molecule has 0 bridgehead atoms. The first-order chi connectivity index (χ1) is 9.54. The van der Waals surface area contributed by atoms with E-state index in [2.05, 4.69) is 36.5 Å². The molecule has 2 amide bonds. The Hall–Kier alpha value is -2.48. The molecule has 0 saturated heterocycles. The Labute approximate surface area is 121 Å². The molecule has 100 valence electrons. The van der Waals surface area contributed by atoms with E-state index in [0.29, 0.717) is 27.1 Å². The van der Waals surface area contributed by atoms with Crippen LogP contribution in [0.4, 0.5) is 17.5 Å². The first-order valence-electron chi connectivity index (χ1n) is 5.59. The highest BCUT2D eigenvalue weighted by Gasteiger charge is 2.26. The van der Waals surface area contributed by atoms with Crippen molar-refractivity contribution in [1.82, 2.24) is 15.3 Å². The van der Waals surface area contributed by atoms with Crippen LogP contribution in [-0.2, 0) is 0 Å². The van der Waals surface area contributed by atoms with E-state index >= 15 is 0 Å². The van der Waals surface area contributed by atoms with Gasteiger partial charge in [0.1, 0.15) is 5.82 Å². The smallest absolute Gasteiger partial charge is 0.259 e. The molecule has 1 aliphatic rings. The zero-order chi connectivity index (χ0) is 14.3. The molecule has 0 spiro atoms. The normalized spacial score (nSPS) is 13.1. The van der Waals surface area contributed by atoms with Crippen molar-refractivity contribution in [2.45, 2.75) is 0 Å². The Morgan fingerprint density at radius 2 is 1.95 bits per heavy atom. The van der Waals surface area contributed by atoms with Gasteiger partial charge in [0.15, 0.2) is 0 Å². The number of rotatable bonds is 2. The Balaban J connectivity index is 1.97. The summed E-state index contributed by atoms with van der Waals surface area (Å²) in [6.45, 7) is 0. The van der Waals surface area contributed by atoms with E-state index in [-0.39, 0.29) is 11.9 Å². The topological polar surface area (TPSA) is 110 Å². The number of fused-ring (bicyclic) bond motifs is 1. The minimum atomic E-state index is -0.407. The third-order valence-electron chi connectivity index (χ3n) is 2.76. The molecule has 0 aliphatic carbocycles. The number of carbonyl (C=O) groups is 2. The van der Waals surface area contributed by atoms with Crippen LogP contribution in [0, 0.1) is 0 Å². The molecule has 7 nitrogen and oxygen atoms in total. The lowest BCUT2D eigenvalue weighted by molar-refractivity contribution is 0.0879. The SMILES string of the molecule is Nc1ncc(Br)c(Nc2ccc3c(c2)C(=O)NC3=O)n1. The van der Waals surface area contributed by atoms with E-state index in [0.717, 1.165) is 0 Å². The summed E-state index contributed by atoms with van der Waals surface area (Å²) in [4.78, 5) is 30.9. The summed E-state index contributed by atoms with van der Waals surface area (Å²) in [6, 6.07) is 4.85. The lowest BCUT2D eigenvalue weighted by Crippen LogP contribution is -2.19. The van der Waals surface area contributed by atoms with E-state index in [1.54, 1.807) is 18.2 Å². The Morgan fingerprint density at radius 3 is 2.75 bits per heavy atom. The molecule has 1 aromatic heterocycles. The molecule has 4 N–H and O–H groups in total. The standard InChI is InChI=1S/C12H8BrN5O2/c13-8-4-15-12(14)17-9(8)16-5-1-2-6-7(3-5)11(20)18-10(6)19/h1-4H,(H,18,19,20)(H3,14,15,16,17). The van der Waals surface area contributed by atoms with Crippen LogP contribution in [-0.4, -0.2) is 21.8 Å². The monoisotopic (exact) mass is 333 g/mol. The van der Waals surface area contributed by atoms with E-state index < -0.39 is 5.91 Å². The number of nitrogen functional groups attached to an aromatic ring is 1. The first kappa shape index (κ1) is 12.5. The maximum atomic E-state index is 11.6. The number of carbonyl (C=O) groups excluding carboxylic acids is 2. The predicted molar refractivity (Wildman–Crippen MR) is 75.7 cm³/mol. The number of nitrogens with one attached hydrogen (secondary N) is 2. The lowest BCUT2D eigenvalue weighted by Gasteiger charge is -2.08. The highest BCUT2D eigenvalue weighted by Crippen LogP contribution is 2.26. The summed E-state index contributed by atoms with van der Waals surface area (Å²) in [5.41, 5.74) is 6.83. The molecule has 0 atom stereocenters. The van der Waals surface area contributed by atoms with Crippen molar-refractivity contribution >= 4 is 45.2 Å². The summed E-state index contributed by atoms with van der Waals surface area (Å²) < 4.78 is 0.632. The number of nitrogens with zero attached hydrogens (tertiary/aromatic N) is 2.